The molecule has 20 heavy (non-hydrogen) atoms. The lowest BCUT2D eigenvalue weighted by Crippen LogP contribution is -2.40. The molecule has 8 heteroatoms. The molecule has 0 amide bonds. The Morgan fingerprint density at radius 1 is 1.45 bits per heavy atom. The fourth-order valence-corrected chi connectivity index (χ4v) is 2.74. The van der Waals surface area contributed by atoms with Crippen molar-refractivity contribution in [1.82, 2.24) is 9.71 Å². The first-order valence-corrected chi connectivity index (χ1v) is 7.64. The third-order valence-electron chi connectivity index (χ3n) is 2.66. The Labute approximate surface area is 118 Å². The Kier molecular flexibility index (Phi) is 5.46. The van der Waals surface area contributed by atoms with E-state index in [9.17, 15) is 13.2 Å². The van der Waals surface area contributed by atoms with E-state index >= 15 is 0 Å². The molecule has 0 aliphatic carbocycles. The van der Waals surface area contributed by atoms with Crippen LogP contribution in [0.5, 0.6) is 0 Å². The summed E-state index contributed by atoms with van der Waals surface area (Å²) >= 11 is 0. The van der Waals surface area contributed by atoms with Gasteiger partial charge in [0, 0.05) is 20.3 Å². The highest BCUT2D eigenvalue weighted by Gasteiger charge is 2.24. The van der Waals surface area contributed by atoms with E-state index in [4.69, 9.17) is 5.11 Å². The molecule has 0 fully saturated rings. The number of sulfonamides is 1. The summed E-state index contributed by atoms with van der Waals surface area (Å²) in [6, 6.07) is 1.83. The van der Waals surface area contributed by atoms with Crippen molar-refractivity contribution < 1.29 is 18.3 Å². The molecule has 1 heterocycles. The van der Waals surface area contributed by atoms with Crippen molar-refractivity contribution in [2.45, 2.75) is 30.7 Å². The van der Waals surface area contributed by atoms with Crippen LogP contribution >= 0.6 is 0 Å². The van der Waals surface area contributed by atoms with Crippen LogP contribution in [0.15, 0.2) is 23.2 Å². The molecule has 7 nitrogen and oxygen atoms in total. The van der Waals surface area contributed by atoms with Gasteiger partial charge in [-0.15, -0.1) is 0 Å². The Bertz CT molecular complexity index is 555. The highest BCUT2D eigenvalue weighted by atomic mass is 32.2. The Balaban J connectivity index is 2.95. The maximum atomic E-state index is 12.1. The Morgan fingerprint density at radius 2 is 2.10 bits per heavy atom. The highest BCUT2D eigenvalue weighted by Crippen LogP contribution is 2.13. The number of nitrogens with zero attached hydrogens (tertiary/aromatic N) is 2. The molecule has 0 aromatic carbocycles. The van der Waals surface area contributed by atoms with Crippen molar-refractivity contribution in [3.05, 3.63) is 18.3 Å². The number of pyridine rings is 1. The molecule has 2 N–H and O–H groups in total. The SMILES string of the molecule is CCCC(NS(=O)(=O)c1ccc(N(C)C)nc1)C(=O)O. The summed E-state index contributed by atoms with van der Waals surface area (Å²) < 4.78 is 26.3. The predicted octanol–water partition coefficient (Wildman–Crippen LogP) is 0.679. The van der Waals surface area contributed by atoms with E-state index in [0.29, 0.717) is 12.2 Å². The minimum Gasteiger partial charge on any atom is -0.480 e. The third-order valence-corrected chi connectivity index (χ3v) is 4.12. The number of rotatable bonds is 7. The summed E-state index contributed by atoms with van der Waals surface area (Å²) in [5.74, 6) is -0.569. The van der Waals surface area contributed by atoms with Crippen LogP contribution in [0.3, 0.4) is 0 Å². The van der Waals surface area contributed by atoms with E-state index < -0.39 is 22.0 Å². The molecule has 0 saturated heterocycles. The summed E-state index contributed by atoms with van der Waals surface area (Å²) in [7, 11) is -0.305. The van der Waals surface area contributed by atoms with Gasteiger partial charge in [0.2, 0.25) is 10.0 Å². The second-order valence-corrected chi connectivity index (χ2v) is 6.26. The van der Waals surface area contributed by atoms with E-state index in [-0.39, 0.29) is 11.3 Å². The molecule has 0 radical (unpaired) electrons. The van der Waals surface area contributed by atoms with Crippen LogP contribution in [0.1, 0.15) is 19.8 Å². The highest BCUT2D eigenvalue weighted by molar-refractivity contribution is 7.89. The number of aromatic nitrogens is 1. The molecule has 1 aromatic heterocycles. The average Bonchev–Trinajstić information content (AvgIpc) is 2.38. The number of carbonyl (C=O) groups is 1. The standard InChI is InChI=1S/C12H19N3O4S/c1-4-5-10(12(16)17)14-20(18,19)9-6-7-11(13-8-9)15(2)3/h6-8,10,14H,4-5H2,1-3H3,(H,16,17). The van der Waals surface area contributed by atoms with Crippen LogP contribution in [-0.4, -0.2) is 44.6 Å². The predicted molar refractivity (Wildman–Crippen MR) is 75.2 cm³/mol. The van der Waals surface area contributed by atoms with Crippen molar-refractivity contribution in [3.8, 4) is 0 Å². The summed E-state index contributed by atoms with van der Waals surface area (Å²) in [5.41, 5.74) is 0. The van der Waals surface area contributed by atoms with Gasteiger partial charge in [-0.2, -0.15) is 4.72 Å². The fourth-order valence-electron chi connectivity index (χ4n) is 1.57. The van der Waals surface area contributed by atoms with Gasteiger partial charge in [0.05, 0.1) is 0 Å². The van der Waals surface area contributed by atoms with E-state index in [1.165, 1.54) is 12.3 Å². The Hall–Kier alpha value is -1.67. The molecule has 0 spiro atoms. The van der Waals surface area contributed by atoms with Gasteiger partial charge in [-0.05, 0) is 18.6 Å². The van der Waals surface area contributed by atoms with Gasteiger partial charge in [-0.1, -0.05) is 13.3 Å². The second kappa shape index (κ2) is 6.67. The van der Waals surface area contributed by atoms with Gasteiger partial charge in [0.1, 0.15) is 16.8 Å². The maximum Gasteiger partial charge on any atom is 0.321 e. The lowest BCUT2D eigenvalue weighted by molar-refractivity contribution is -0.139. The van der Waals surface area contributed by atoms with Gasteiger partial charge in [-0.25, -0.2) is 13.4 Å². The molecule has 1 unspecified atom stereocenters. The van der Waals surface area contributed by atoms with Gasteiger partial charge in [0.15, 0.2) is 0 Å². The zero-order valence-corrected chi connectivity index (χ0v) is 12.5. The molecular formula is C12H19N3O4S. The van der Waals surface area contributed by atoms with E-state index in [0.717, 1.165) is 0 Å². The van der Waals surface area contributed by atoms with Crippen molar-refractivity contribution in [2.24, 2.45) is 0 Å². The van der Waals surface area contributed by atoms with E-state index in [1.807, 2.05) is 0 Å². The number of hydrogen-bond donors (Lipinski definition) is 2. The summed E-state index contributed by atoms with van der Waals surface area (Å²) in [4.78, 5) is 16.7. The first-order chi connectivity index (χ1) is 9.27. The molecular weight excluding hydrogens is 282 g/mol. The molecule has 0 aliphatic rings. The van der Waals surface area contributed by atoms with Crippen molar-refractivity contribution in [2.75, 3.05) is 19.0 Å². The minimum absolute atomic E-state index is 0.0505. The lowest BCUT2D eigenvalue weighted by atomic mass is 10.2. The zero-order chi connectivity index (χ0) is 15.3. The summed E-state index contributed by atoms with van der Waals surface area (Å²) in [5, 5.41) is 8.98. The van der Waals surface area contributed by atoms with Crippen LogP contribution in [0.25, 0.3) is 0 Å². The molecule has 1 rings (SSSR count). The number of nitrogens with one attached hydrogen (secondary N) is 1. The molecule has 0 aliphatic heterocycles. The first kappa shape index (κ1) is 16.4. The number of anilines is 1. The smallest absolute Gasteiger partial charge is 0.321 e. The van der Waals surface area contributed by atoms with Crippen LogP contribution in [-0.2, 0) is 14.8 Å². The van der Waals surface area contributed by atoms with Gasteiger partial charge in [-0.3, -0.25) is 4.79 Å². The minimum atomic E-state index is -3.88. The number of carboxylic acid groups (broad SMARTS) is 1. The summed E-state index contributed by atoms with van der Waals surface area (Å²) in [6.45, 7) is 1.79. The van der Waals surface area contributed by atoms with E-state index in [2.05, 4.69) is 9.71 Å². The number of hydrogen-bond acceptors (Lipinski definition) is 5. The van der Waals surface area contributed by atoms with Crippen LogP contribution < -0.4 is 9.62 Å². The topological polar surface area (TPSA) is 99.6 Å². The van der Waals surface area contributed by atoms with Crippen molar-refractivity contribution in [1.29, 1.82) is 0 Å². The third kappa shape index (κ3) is 4.17. The maximum absolute atomic E-state index is 12.1. The first-order valence-electron chi connectivity index (χ1n) is 6.16. The van der Waals surface area contributed by atoms with E-state index in [1.54, 1.807) is 32.0 Å². The van der Waals surface area contributed by atoms with Crippen LogP contribution in [0.2, 0.25) is 0 Å². The van der Waals surface area contributed by atoms with Crippen molar-refractivity contribution in [3.63, 3.8) is 0 Å². The number of carboxylic acids is 1. The van der Waals surface area contributed by atoms with Gasteiger partial charge >= 0.3 is 5.97 Å². The molecule has 1 atom stereocenters. The number of aliphatic carboxylic acids is 1. The fraction of sp³-hybridized carbons (Fsp3) is 0.500. The van der Waals surface area contributed by atoms with Gasteiger partial charge < -0.3 is 10.0 Å². The van der Waals surface area contributed by atoms with Gasteiger partial charge in [0.25, 0.3) is 0 Å². The lowest BCUT2D eigenvalue weighted by Gasteiger charge is -2.15. The average molecular weight is 301 g/mol. The molecule has 112 valence electrons. The molecule has 1 aromatic rings. The second-order valence-electron chi connectivity index (χ2n) is 4.55. The molecule has 0 saturated carbocycles. The zero-order valence-electron chi connectivity index (χ0n) is 11.7. The largest absolute Gasteiger partial charge is 0.480 e. The monoisotopic (exact) mass is 301 g/mol. The van der Waals surface area contributed by atoms with Crippen LogP contribution in [0.4, 0.5) is 5.82 Å². The quantitative estimate of drug-likeness (QED) is 0.768. The normalized spacial score (nSPS) is 12.9. The Morgan fingerprint density at radius 3 is 2.50 bits per heavy atom. The van der Waals surface area contributed by atoms with Crippen molar-refractivity contribution >= 4 is 21.8 Å². The van der Waals surface area contributed by atoms with Crippen LogP contribution in [0, 0.1) is 0 Å². The molecule has 0 bridgehead atoms. The summed E-state index contributed by atoms with van der Waals surface area (Å²) in [6.07, 6.45) is 2.01.